The van der Waals surface area contributed by atoms with E-state index in [0.717, 1.165) is 5.69 Å². The van der Waals surface area contributed by atoms with Crippen molar-refractivity contribution in [2.24, 2.45) is 0 Å². The van der Waals surface area contributed by atoms with Gasteiger partial charge in [0.05, 0.1) is 21.3 Å². The monoisotopic (exact) mass is 393 g/mol. The normalized spacial score (nSPS) is 10.2. The topological polar surface area (TPSA) is 72.9 Å². The third-order valence-corrected chi connectivity index (χ3v) is 4.39. The zero-order chi connectivity index (χ0) is 20.8. The molecule has 150 valence electrons. The van der Waals surface area contributed by atoms with Crippen LogP contribution in [0.15, 0.2) is 60.8 Å². The molecule has 0 atom stereocenters. The third-order valence-electron chi connectivity index (χ3n) is 4.39. The van der Waals surface area contributed by atoms with E-state index in [-0.39, 0.29) is 5.91 Å². The van der Waals surface area contributed by atoms with E-state index in [2.05, 4.69) is 10.3 Å². The van der Waals surface area contributed by atoms with Crippen molar-refractivity contribution in [2.45, 2.75) is 0 Å². The second-order valence-corrected chi connectivity index (χ2v) is 6.17. The molecule has 2 aromatic carbocycles. The van der Waals surface area contributed by atoms with Gasteiger partial charge in [-0.15, -0.1) is 0 Å². The average molecular weight is 393 g/mol. The molecule has 0 bridgehead atoms. The summed E-state index contributed by atoms with van der Waals surface area (Å²) in [6.07, 6.45) is 1.59. The number of nitrogens with zero attached hydrogens (tertiary/aromatic N) is 2. The van der Waals surface area contributed by atoms with Gasteiger partial charge in [-0.2, -0.15) is 0 Å². The Morgan fingerprint density at radius 3 is 2.17 bits per heavy atom. The first-order valence-corrected chi connectivity index (χ1v) is 8.93. The fraction of sp³-hybridized carbons (Fsp3) is 0.182. The molecular weight excluding hydrogens is 370 g/mol. The highest BCUT2D eigenvalue weighted by molar-refractivity contribution is 6.06. The van der Waals surface area contributed by atoms with E-state index in [1.54, 1.807) is 63.7 Å². The Balaban J connectivity index is 1.86. The molecule has 0 fully saturated rings. The first kappa shape index (κ1) is 20.0. The van der Waals surface area contributed by atoms with Crippen molar-refractivity contribution in [1.82, 2.24) is 4.98 Å². The fourth-order valence-corrected chi connectivity index (χ4v) is 2.90. The lowest BCUT2D eigenvalue weighted by atomic mass is 10.2. The highest BCUT2D eigenvalue weighted by Gasteiger charge is 2.16. The minimum Gasteiger partial charge on any atom is -0.493 e. The number of methoxy groups -OCH3 is 3. The summed E-state index contributed by atoms with van der Waals surface area (Å²) >= 11 is 0. The van der Waals surface area contributed by atoms with Crippen molar-refractivity contribution in [3.8, 4) is 17.2 Å². The molecule has 0 aliphatic carbocycles. The van der Waals surface area contributed by atoms with Crippen LogP contribution in [0.5, 0.6) is 17.2 Å². The van der Waals surface area contributed by atoms with Crippen molar-refractivity contribution in [1.29, 1.82) is 0 Å². The number of ether oxygens (including phenoxy) is 3. The van der Waals surface area contributed by atoms with Gasteiger partial charge >= 0.3 is 0 Å². The van der Waals surface area contributed by atoms with Crippen LogP contribution in [0.1, 0.15) is 10.4 Å². The lowest BCUT2D eigenvalue weighted by Gasteiger charge is -2.18. The average Bonchev–Trinajstić information content (AvgIpc) is 2.78. The van der Waals surface area contributed by atoms with E-state index in [9.17, 15) is 4.79 Å². The van der Waals surface area contributed by atoms with E-state index >= 15 is 0 Å². The number of para-hydroxylation sites is 1. The van der Waals surface area contributed by atoms with Crippen molar-refractivity contribution in [3.05, 3.63) is 66.4 Å². The maximum atomic E-state index is 12.8. The SMILES string of the molecule is COc1cc(Nc2cc(C(=O)N(C)c3ccccc3)ccn2)cc(OC)c1OC. The predicted molar refractivity (Wildman–Crippen MR) is 113 cm³/mol. The van der Waals surface area contributed by atoms with E-state index in [0.29, 0.717) is 34.3 Å². The van der Waals surface area contributed by atoms with Crippen LogP contribution in [0.25, 0.3) is 0 Å². The van der Waals surface area contributed by atoms with Crippen molar-refractivity contribution < 1.29 is 19.0 Å². The number of carbonyl (C=O) groups excluding carboxylic acids is 1. The van der Waals surface area contributed by atoms with Gasteiger partial charge in [-0.05, 0) is 24.3 Å². The summed E-state index contributed by atoms with van der Waals surface area (Å²) in [5.74, 6) is 1.93. The number of nitrogens with one attached hydrogen (secondary N) is 1. The van der Waals surface area contributed by atoms with Crippen LogP contribution in [-0.4, -0.2) is 39.3 Å². The van der Waals surface area contributed by atoms with Crippen LogP contribution >= 0.6 is 0 Å². The summed E-state index contributed by atoms with van der Waals surface area (Å²) in [4.78, 5) is 18.8. The molecule has 0 aliphatic heterocycles. The Labute approximate surface area is 169 Å². The van der Waals surface area contributed by atoms with E-state index < -0.39 is 0 Å². The zero-order valence-electron chi connectivity index (χ0n) is 16.8. The van der Waals surface area contributed by atoms with Crippen molar-refractivity contribution >= 4 is 23.1 Å². The molecule has 3 rings (SSSR count). The molecule has 0 saturated heterocycles. The van der Waals surface area contributed by atoms with Gasteiger partial charge in [-0.3, -0.25) is 4.79 Å². The summed E-state index contributed by atoms with van der Waals surface area (Å²) in [6.45, 7) is 0. The maximum Gasteiger partial charge on any atom is 0.258 e. The molecule has 29 heavy (non-hydrogen) atoms. The molecule has 0 saturated carbocycles. The highest BCUT2D eigenvalue weighted by atomic mass is 16.5. The number of rotatable bonds is 7. The van der Waals surface area contributed by atoms with Gasteiger partial charge in [-0.1, -0.05) is 18.2 Å². The van der Waals surface area contributed by atoms with Gasteiger partial charge in [0, 0.05) is 42.3 Å². The molecular formula is C22H23N3O4. The predicted octanol–water partition coefficient (Wildman–Crippen LogP) is 4.13. The highest BCUT2D eigenvalue weighted by Crippen LogP contribution is 2.40. The zero-order valence-corrected chi connectivity index (χ0v) is 16.8. The molecule has 0 spiro atoms. The summed E-state index contributed by atoms with van der Waals surface area (Å²) in [7, 11) is 6.40. The lowest BCUT2D eigenvalue weighted by Crippen LogP contribution is -2.26. The number of carbonyl (C=O) groups is 1. The molecule has 7 heteroatoms. The fourth-order valence-electron chi connectivity index (χ4n) is 2.90. The van der Waals surface area contributed by atoms with Gasteiger partial charge in [0.1, 0.15) is 5.82 Å². The molecule has 0 aliphatic rings. The van der Waals surface area contributed by atoms with Crippen LogP contribution in [0.3, 0.4) is 0 Å². The molecule has 7 nitrogen and oxygen atoms in total. The number of pyridine rings is 1. The van der Waals surface area contributed by atoms with Crippen LogP contribution in [-0.2, 0) is 0 Å². The smallest absolute Gasteiger partial charge is 0.258 e. The lowest BCUT2D eigenvalue weighted by molar-refractivity contribution is 0.0993. The number of anilines is 3. The summed E-state index contributed by atoms with van der Waals surface area (Å²) < 4.78 is 16.1. The van der Waals surface area contributed by atoms with Crippen LogP contribution in [0.2, 0.25) is 0 Å². The maximum absolute atomic E-state index is 12.8. The van der Waals surface area contributed by atoms with Crippen molar-refractivity contribution in [3.63, 3.8) is 0 Å². The Bertz CT molecular complexity index is 967. The Hall–Kier alpha value is -3.74. The number of hydrogen-bond acceptors (Lipinski definition) is 6. The molecule has 0 unspecified atom stereocenters. The van der Waals surface area contributed by atoms with Gasteiger partial charge in [0.25, 0.3) is 5.91 Å². The number of hydrogen-bond donors (Lipinski definition) is 1. The second kappa shape index (κ2) is 8.97. The van der Waals surface area contributed by atoms with Crippen molar-refractivity contribution in [2.75, 3.05) is 38.6 Å². The first-order valence-electron chi connectivity index (χ1n) is 8.93. The Kier molecular flexibility index (Phi) is 6.19. The van der Waals surface area contributed by atoms with Gasteiger partial charge in [-0.25, -0.2) is 4.98 Å². The number of benzene rings is 2. The van der Waals surface area contributed by atoms with Crippen LogP contribution < -0.4 is 24.4 Å². The first-order chi connectivity index (χ1) is 14.1. The second-order valence-electron chi connectivity index (χ2n) is 6.17. The molecule has 1 N–H and O–H groups in total. The number of amides is 1. The molecule has 3 aromatic rings. The van der Waals surface area contributed by atoms with Gasteiger partial charge < -0.3 is 24.4 Å². The van der Waals surface area contributed by atoms with Gasteiger partial charge in [0.15, 0.2) is 11.5 Å². The largest absolute Gasteiger partial charge is 0.493 e. The number of aromatic nitrogens is 1. The van der Waals surface area contributed by atoms with E-state index in [1.165, 1.54) is 0 Å². The van der Waals surface area contributed by atoms with Crippen LogP contribution in [0.4, 0.5) is 17.2 Å². The van der Waals surface area contributed by atoms with E-state index in [1.807, 2.05) is 30.3 Å². The third kappa shape index (κ3) is 4.40. The standard InChI is InChI=1S/C22H23N3O4/c1-25(17-8-6-5-7-9-17)22(26)15-10-11-23-20(12-15)24-16-13-18(27-2)21(29-4)19(14-16)28-3/h5-14H,1-4H3,(H,23,24). The minimum atomic E-state index is -0.133. The Morgan fingerprint density at radius 2 is 1.59 bits per heavy atom. The van der Waals surface area contributed by atoms with Crippen LogP contribution in [0, 0.1) is 0 Å². The Morgan fingerprint density at radius 1 is 0.931 bits per heavy atom. The summed E-state index contributed by atoms with van der Waals surface area (Å²) in [5, 5.41) is 3.18. The molecule has 1 aromatic heterocycles. The molecule has 1 heterocycles. The quantitative estimate of drug-likeness (QED) is 0.651. The van der Waals surface area contributed by atoms with Gasteiger partial charge in [0.2, 0.25) is 5.75 Å². The molecule has 1 amide bonds. The summed E-state index contributed by atoms with van der Waals surface area (Å²) in [6, 6.07) is 16.4. The minimum absolute atomic E-state index is 0.133. The molecule has 0 radical (unpaired) electrons. The summed E-state index contributed by atoms with van der Waals surface area (Å²) in [5.41, 5.74) is 2.02. The van der Waals surface area contributed by atoms with E-state index in [4.69, 9.17) is 14.2 Å².